The number of H-pyrrole nitrogens is 1. The van der Waals surface area contributed by atoms with Crippen LogP contribution >= 0.6 is 0 Å². The largest absolute Gasteiger partial charge is 0.478 e. The minimum Gasteiger partial charge on any atom is -0.478 e. The number of ether oxygens (including phenoxy) is 1. The molecular weight excluding hydrogens is 476 g/mol. The number of carboxylic acids is 1. The summed E-state index contributed by atoms with van der Waals surface area (Å²) in [6.07, 6.45) is 2.24. The lowest BCUT2D eigenvalue weighted by Crippen LogP contribution is -2.42. The molecule has 0 aliphatic carbocycles. The minimum atomic E-state index is -1.11. The van der Waals surface area contributed by atoms with Gasteiger partial charge in [0, 0.05) is 34.9 Å². The van der Waals surface area contributed by atoms with Crippen molar-refractivity contribution in [3.63, 3.8) is 0 Å². The molecule has 4 rings (SSSR count). The van der Waals surface area contributed by atoms with E-state index in [0.29, 0.717) is 13.0 Å². The molecule has 1 fully saturated rings. The third-order valence-electron chi connectivity index (χ3n) is 6.14. The topological polar surface area (TPSA) is 141 Å². The van der Waals surface area contributed by atoms with Gasteiger partial charge in [-0.15, -0.1) is 0 Å². The van der Waals surface area contributed by atoms with E-state index in [4.69, 9.17) is 9.84 Å². The van der Waals surface area contributed by atoms with Crippen molar-refractivity contribution >= 4 is 40.5 Å². The Kier molecular flexibility index (Phi) is 7.19. The standard InChI is InChI=1S/C27H30N4O6/c1-27(2,3)37-25(35)19-11-12-31(23(19)20-14-28-21-10-5-4-9-18(20)21)22(32)15-29-26(36)30-17-8-6-7-16(13-17)24(33)34/h4-10,13-14,19,23,28H,11-12,15H2,1-3H3,(H,33,34)(H2,29,30,36). The summed E-state index contributed by atoms with van der Waals surface area (Å²) < 4.78 is 5.67. The van der Waals surface area contributed by atoms with E-state index in [-0.39, 0.29) is 29.7 Å². The van der Waals surface area contributed by atoms with Crippen LogP contribution in [0.2, 0.25) is 0 Å². The highest BCUT2D eigenvalue weighted by Crippen LogP contribution is 2.41. The van der Waals surface area contributed by atoms with Crippen LogP contribution in [0.4, 0.5) is 10.5 Å². The van der Waals surface area contributed by atoms with E-state index in [2.05, 4.69) is 15.6 Å². The third kappa shape index (κ3) is 5.91. The number of urea groups is 1. The number of aromatic nitrogens is 1. The van der Waals surface area contributed by atoms with Crippen molar-refractivity contribution in [3.8, 4) is 0 Å². The van der Waals surface area contributed by atoms with Gasteiger partial charge in [-0.05, 0) is 51.5 Å². The van der Waals surface area contributed by atoms with Gasteiger partial charge in [-0.2, -0.15) is 0 Å². The van der Waals surface area contributed by atoms with Crippen LogP contribution in [0.5, 0.6) is 0 Å². The molecule has 37 heavy (non-hydrogen) atoms. The van der Waals surface area contributed by atoms with Crippen LogP contribution in [-0.4, -0.2) is 57.6 Å². The van der Waals surface area contributed by atoms with Crippen molar-refractivity contribution < 1.29 is 29.0 Å². The summed E-state index contributed by atoms with van der Waals surface area (Å²) in [6, 6.07) is 12.2. The molecule has 3 aromatic rings. The summed E-state index contributed by atoms with van der Waals surface area (Å²) in [6.45, 7) is 5.44. The smallest absolute Gasteiger partial charge is 0.335 e. The van der Waals surface area contributed by atoms with Gasteiger partial charge in [0.25, 0.3) is 0 Å². The maximum atomic E-state index is 13.3. The SMILES string of the molecule is CC(C)(C)OC(=O)C1CCN(C(=O)CNC(=O)Nc2cccc(C(=O)O)c2)C1c1c[nH]c2ccccc12. The molecule has 0 bridgehead atoms. The molecule has 2 atom stereocenters. The Balaban J connectivity index is 1.50. The molecule has 4 N–H and O–H groups in total. The third-order valence-corrected chi connectivity index (χ3v) is 6.14. The Hall–Kier alpha value is -4.34. The highest BCUT2D eigenvalue weighted by Gasteiger charge is 2.44. The number of nitrogens with zero attached hydrogens (tertiary/aromatic N) is 1. The van der Waals surface area contributed by atoms with E-state index in [1.807, 2.05) is 30.5 Å². The lowest BCUT2D eigenvalue weighted by atomic mass is 9.93. The van der Waals surface area contributed by atoms with E-state index < -0.39 is 29.6 Å². The van der Waals surface area contributed by atoms with Crippen molar-refractivity contribution in [2.75, 3.05) is 18.4 Å². The van der Waals surface area contributed by atoms with Crippen molar-refractivity contribution in [1.82, 2.24) is 15.2 Å². The van der Waals surface area contributed by atoms with Gasteiger partial charge in [0.05, 0.1) is 24.1 Å². The first-order valence-electron chi connectivity index (χ1n) is 12.0. The molecule has 1 aliphatic heterocycles. The molecular formula is C27H30N4O6. The number of carboxylic acid groups (broad SMARTS) is 1. The number of aromatic amines is 1. The number of nitrogens with one attached hydrogen (secondary N) is 3. The molecule has 1 saturated heterocycles. The number of anilines is 1. The van der Waals surface area contributed by atoms with Crippen molar-refractivity contribution in [2.24, 2.45) is 5.92 Å². The summed E-state index contributed by atoms with van der Waals surface area (Å²) in [7, 11) is 0. The normalized spacial score (nSPS) is 17.4. The Morgan fingerprint density at radius 2 is 1.86 bits per heavy atom. The average Bonchev–Trinajstić information content (AvgIpc) is 3.46. The molecule has 2 aromatic carbocycles. The lowest BCUT2D eigenvalue weighted by molar-refractivity contribution is -0.161. The first-order chi connectivity index (χ1) is 17.5. The number of aromatic carboxylic acids is 1. The first-order valence-corrected chi connectivity index (χ1v) is 12.0. The zero-order valence-electron chi connectivity index (χ0n) is 20.9. The van der Waals surface area contributed by atoms with Gasteiger partial charge in [0.2, 0.25) is 5.91 Å². The van der Waals surface area contributed by atoms with Crippen molar-refractivity contribution in [1.29, 1.82) is 0 Å². The van der Waals surface area contributed by atoms with Gasteiger partial charge in [-0.3, -0.25) is 9.59 Å². The molecule has 2 heterocycles. The fourth-order valence-corrected chi connectivity index (χ4v) is 4.58. The predicted octanol–water partition coefficient (Wildman–Crippen LogP) is 3.92. The van der Waals surface area contributed by atoms with Gasteiger partial charge in [-0.25, -0.2) is 9.59 Å². The minimum absolute atomic E-state index is 0.0284. The molecule has 10 nitrogen and oxygen atoms in total. The summed E-state index contributed by atoms with van der Waals surface area (Å²) in [5.41, 5.74) is 1.35. The molecule has 10 heteroatoms. The van der Waals surface area contributed by atoms with E-state index in [1.54, 1.807) is 31.7 Å². The Labute approximate surface area is 214 Å². The lowest BCUT2D eigenvalue weighted by Gasteiger charge is -2.29. The number of likely N-dealkylation sites (tertiary alicyclic amines) is 1. The van der Waals surface area contributed by atoms with Crippen molar-refractivity contribution in [2.45, 2.75) is 38.8 Å². The van der Waals surface area contributed by atoms with E-state index in [1.165, 1.54) is 18.2 Å². The molecule has 1 aliphatic rings. The number of esters is 1. The highest BCUT2D eigenvalue weighted by atomic mass is 16.6. The number of rotatable bonds is 6. The summed E-state index contributed by atoms with van der Waals surface area (Å²) in [5.74, 6) is -2.40. The van der Waals surface area contributed by atoms with Crippen LogP contribution in [0.15, 0.2) is 54.7 Å². The number of carbonyl (C=O) groups excluding carboxylic acids is 3. The van der Waals surface area contributed by atoms with Crippen LogP contribution in [0, 0.1) is 5.92 Å². The van der Waals surface area contributed by atoms with Gasteiger partial charge in [0.1, 0.15) is 5.60 Å². The second-order valence-corrected chi connectivity index (χ2v) is 9.94. The zero-order chi connectivity index (χ0) is 26.7. The number of fused-ring (bicyclic) bond motifs is 1. The Bertz CT molecular complexity index is 1340. The van der Waals surface area contributed by atoms with Gasteiger partial charge in [-0.1, -0.05) is 24.3 Å². The van der Waals surface area contributed by atoms with Crippen molar-refractivity contribution in [3.05, 3.63) is 65.9 Å². The van der Waals surface area contributed by atoms with E-state index >= 15 is 0 Å². The second-order valence-electron chi connectivity index (χ2n) is 9.94. The number of hydrogen-bond acceptors (Lipinski definition) is 5. The average molecular weight is 507 g/mol. The van der Waals surface area contributed by atoms with Crippen LogP contribution in [0.3, 0.4) is 0 Å². The fourth-order valence-electron chi connectivity index (χ4n) is 4.58. The van der Waals surface area contributed by atoms with Gasteiger partial charge >= 0.3 is 18.0 Å². The van der Waals surface area contributed by atoms with Crippen LogP contribution in [-0.2, 0) is 14.3 Å². The number of carbonyl (C=O) groups is 4. The summed E-state index contributed by atoms with van der Waals surface area (Å²) in [5, 5.41) is 15.1. The van der Waals surface area contributed by atoms with Crippen LogP contribution in [0.25, 0.3) is 10.9 Å². The fraction of sp³-hybridized carbons (Fsp3) is 0.333. The number of para-hydroxylation sites is 1. The van der Waals surface area contributed by atoms with Crippen LogP contribution in [0.1, 0.15) is 49.2 Å². The number of benzene rings is 2. The molecule has 3 amide bonds. The highest BCUT2D eigenvalue weighted by molar-refractivity contribution is 5.95. The molecule has 0 spiro atoms. The molecule has 194 valence electrons. The monoisotopic (exact) mass is 506 g/mol. The number of hydrogen-bond donors (Lipinski definition) is 4. The summed E-state index contributed by atoms with van der Waals surface area (Å²) in [4.78, 5) is 54.8. The summed E-state index contributed by atoms with van der Waals surface area (Å²) >= 11 is 0. The predicted molar refractivity (Wildman–Crippen MR) is 137 cm³/mol. The molecule has 0 radical (unpaired) electrons. The second kappa shape index (κ2) is 10.3. The Morgan fingerprint density at radius 3 is 2.59 bits per heavy atom. The van der Waals surface area contributed by atoms with E-state index in [9.17, 15) is 19.2 Å². The number of amides is 3. The first kappa shape index (κ1) is 25.7. The maximum absolute atomic E-state index is 13.3. The molecule has 1 aromatic heterocycles. The molecule has 0 saturated carbocycles. The quantitative estimate of drug-likeness (QED) is 0.374. The Morgan fingerprint density at radius 1 is 1.11 bits per heavy atom. The van der Waals surface area contributed by atoms with Gasteiger partial charge in [0.15, 0.2) is 0 Å². The maximum Gasteiger partial charge on any atom is 0.335 e. The van der Waals surface area contributed by atoms with E-state index in [0.717, 1.165) is 16.5 Å². The molecule has 2 unspecified atom stereocenters. The zero-order valence-corrected chi connectivity index (χ0v) is 20.9. The van der Waals surface area contributed by atoms with Crippen LogP contribution < -0.4 is 10.6 Å². The van der Waals surface area contributed by atoms with Gasteiger partial charge < -0.3 is 30.4 Å².